The summed E-state index contributed by atoms with van der Waals surface area (Å²) in [7, 11) is 0. The Labute approximate surface area is 121 Å². The number of halogens is 1. The van der Waals surface area contributed by atoms with Crippen LogP contribution in [0.1, 0.15) is 18.4 Å². The van der Waals surface area contributed by atoms with Gasteiger partial charge in [0.25, 0.3) is 0 Å². The summed E-state index contributed by atoms with van der Waals surface area (Å²) in [4.78, 5) is 0. The Morgan fingerprint density at radius 2 is 2.22 bits per heavy atom. The van der Waals surface area contributed by atoms with Crippen LogP contribution in [-0.2, 0) is 11.3 Å². The minimum Gasteiger partial charge on any atom is -0.376 e. The number of hydrogen-bond acceptors (Lipinski definition) is 2. The predicted molar refractivity (Wildman–Crippen MR) is 80.6 cm³/mol. The number of rotatable bonds is 4. The van der Waals surface area contributed by atoms with Gasteiger partial charge in [0.2, 0.25) is 0 Å². The van der Waals surface area contributed by atoms with Gasteiger partial charge in [0.1, 0.15) is 0 Å². The normalized spacial score (nSPS) is 18.6. The molecule has 2 rings (SSSR count). The van der Waals surface area contributed by atoms with Crippen molar-refractivity contribution in [3.8, 4) is 0 Å². The summed E-state index contributed by atoms with van der Waals surface area (Å²) in [6.07, 6.45) is 2.59. The maximum absolute atomic E-state index is 5.53. The van der Waals surface area contributed by atoms with E-state index >= 15 is 0 Å². The first-order chi connectivity index (χ1) is 8.75. The molecule has 0 aromatic heterocycles. The highest BCUT2D eigenvalue weighted by Gasteiger charge is 2.15. The van der Waals surface area contributed by atoms with Gasteiger partial charge in [0.15, 0.2) is 5.11 Å². The molecule has 18 heavy (non-hydrogen) atoms. The zero-order valence-electron chi connectivity index (χ0n) is 10.1. The number of nitrogens with one attached hydrogen (secondary N) is 2. The summed E-state index contributed by atoms with van der Waals surface area (Å²) in [5.41, 5.74) is 1.19. The van der Waals surface area contributed by atoms with Crippen molar-refractivity contribution < 1.29 is 4.74 Å². The molecule has 3 nitrogen and oxygen atoms in total. The van der Waals surface area contributed by atoms with Gasteiger partial charge in [0.05, 0.1) is 6.10 Å². The first-order valence-corrected chi connectivity index (χ1v) is 7.32. The molecule has 1 aromatic rings. The van der Waals surface area contributed by atoms with E-state index in [-0.39, 0.29) is 0 Å². The highest BCUT2D eigenvalue weighted by Crippen LogP contribution is 2.15. The average Bonchev–Trinajstić information content (AvgIpc) is 2.88. The molecule has 0 bridgehead atoms. The van der Waals surface area contributed by atoms with Crippen LogP contribution >= 0.6 is 28.1 Å². The quantitative estimate of drug-likeness (QED) is 0.832. The zero-order valence-corrected chi connectivity index (χ0v) is 12.5. The van der Waals surface area contributed by atoms with Gasteiger partial charge in [-0.25, -0.2) is 0 Å². The molecule has 1 aliphatic rings. The number of benzene rings is 1. The lowest BCUT2D eigenvalue weighted by atomic mass is 10.2. The van der Waals surface area contributed by atoms with Gasteiger partial charge < -0.3 is 15.4 Å². The topological polar surface area (TPSA) is 33.3 Å². The van der Waals surface area contributed by atoms with Gasteiger partial charge in [-0.1, -0.05) is 34.1 Å². The fraction of sp³-hybridized carbons (Fsp3) is 0.462. The van der Waals surface area contributed by atoms with Crippen LogP contribution in [0.15, 0.2) is 28.7 Å². The Bertz CT molecular complexity index is 408. The third kappa shape index (κ3) is 4.23. The highest BCUT2D eigenvalue weighted by atomic mass is 79.9. The third-order valence-electron chi connectivity index (χ3n) is 2.91. The lowest BCUT2D eigenvalue weighted by molar-refractivity contribution is 0.114. The Morgan fingerprint density at radius 1 is 1.39 bits per heavy atom. The maximum Gasteiger partial charge on any atom is 0.166 e. The van der Waals surface area contributed by atoms with Gasteiger partial charge in [0, 0.05) is 24.2 Å². The van der Waals surface area contributed by atoms with Gasteiger partial charge in [-0.2, -0.15) is 0 Å². The Hall–Kier alpha value is -0.650. The van der Waals surface area contributed by atoms with Crippen molar-refractivity contribution in [1.82, 2.24) is 10.6 Å². The minimum atomic E-state index is 0.313. The second kappa shape index (κ2) is 7.07. The molecule has 5 heteroatoms. The van der Waals surface area contributed by atoms with E-state index in [0.717, 1.165) is 37.0 Å². The molecule has 1 saturated heterocycles. The molecule has 1 fully saturated rings. The van der Waals surface area contributed by atoms with Crippen LogP contribution in [-0.4, -0.2) is 24.4 Å². The fourth-order valence-electron chi connectivity index (χ4n) is 1.89. The van der Waals surface area contributed by atoms with E-state index in [0.29, 0.717) is 11.2 Å². The standard InChI is InChI=1S/C13H17BrN2OS/c14-12-6-2-1-4-10(12)8-15-13(18)16-9-11-5-3-7-17-11/h1-2,4,6,11H,3,5,7-9H2,(H2,15,16,18)/t11-/m1/s1. The van der Waals surface area contributed by atoms with E-state index in [9.17, 15) is 0 Å². The van der Waals surface area contributed by atoms with E-state index in [1.807, 2.05) is 18.2 Å². The Kier molecular flexibility index (Phi) is 5.41. The van der Waals surface area contributed by atoms with Gasteiger partial charge in [-0.05, 0) is 36.7 Å². The van der Waals surface area contributed by atoms with E-state index in [2.05, 4.69) is 32.6 Å². The van der Waals surface area contributed by atoms with Crippen molar-refractivity contribution in [1.29, 1.82) is 0 Å². The molecule has 1 aromatic carbocycles. The van der Waals surface area contributed by atoms with Crippen molar-refractivity contribution in [3.63, 3.8) is 0 Å². The van der Waals surface area contributed by atoms with Crippen molar-refractivity contribution >= 4 is 33.3 Å². The molecular formula is C13H17BrN2OS. The average molecular weight is 329 g/mol. The van der Waals surface area contributed by atoms with Crippen LogP contribution in [0.25, 0.3) is 0 Å². The molecule has 1 heterocycles. The predicted octanol–water partition coefficient (Wildman–Crippen LogP) is 2.59. The second-order valence-corrected chi connectivity index (χ2v) is 5.55. The maximum atomic E-state index is 5.53. The van der Waals surface area contributed by atoms with Crippen LogP contribution < -0.4 is 10.6 Å². The second-order valence-electron chi connectivity index (χ2n) is 4.29. The van der Waals surface area contributed by atoms with Crippen molar-refractivity contribution in [2.75, 3.05) is 13.2 Å². The minimum absolute atomic E-state index is 0.313. The lowest BCUT2D eigenvalue weighted by Gasteiger charge is -2.14. The molecule has 0 radical (unpaired) electrons. The van der Waals surface area contributed by atoms with Crippen molar-refractivity contribution in [2.24, 2.45) is 0 Å². The summed E-state index contributed by atoms with van der Waals surface area (Å²) in [6.45, 7) is 2.39. The first kappa shape index (κ1) is 13.8. The molecule has 0 aliphatic carbocycles. The lowest BCUT2D eigenvalue weighted by Crippen LogP contribution is -2.39. The van der Waals surface area contributed by atoms with Crippen LogP contribution in [0, 0.1) is 0 Å². The van der Waals surface area contributed by atoms with Crippen LogP contribution in [0.3, 0.4) is 0 Å². The number of ether oxygens (including phenoxy) is 1. The van der Waals surface area contributed by atoms with Crippen LogP contribution in [0.4, 0.5) is 0 Å². The zero-order chi connectivity index (χ0) is 12.8. The number of thiocarbonyl (C=S) groups is 1. The van der Waals surface area contributed by atoms with Gasteiger partial charge >= 0.3 is 0 Å². The van der Waals surface area contributed by atoms with Crippen molar-refractivity contribution in [2.45, 2.75) is 25.5 Å². The Morgan fingerprint density at radius 3 is 2.94 bits per heavy atom. The van der Waals surface area contributed by atoms with Crippen molar-refractivity contribution in [3.05, 3.63) is 34.3 Å². The third-order valence-corrected chi connectivity index (χ3v) is 3.97. The molecule has 0 saturated carbocycles. The summed E-state index contributed by atoms with van der Waals surface area (Å²) >= 11 is 8.75. The smallest absolute Gasteiger partial charge is 0.166 e. The molecule has 1 atom stereocenters. The summed E-state index contributed by atoms with van der Waals surface area (Å²) < 4.78 is 6.62. The Balaban J connectivity index is 1.69. The van der Waals surface area contributed by atoms with Crippen LogP contribution in [0.5, 0.6) is 0 Å². The largest absolute Gasteiger partial charge is 0.376 e. The van der Waals surface area contributed by atoms with E-state index in [1.165, 1.54) is 5.56 Å². The molecular weight excluding hydrogens is 312 g/mol. The summed E-state index contributed by atoms with van der Waals surface area (Å²) in [6, 6.07) is 8.12. The summed E-state index contributed by atoms with van der Waals surface area (Å²) in [5.74, 6) is 0. The van der Waals surface area contributed by atoms with Crippen LogP contribution in [0.2, 0.25) is 0 Å². The molecule has 0 amide bonds. The van der Waals surface area contributed by atoms with E-state index < -0.39 is 0 Å². The van der Waals surface area contributed by atoms with Gasteiger partial charge in [-0.15, -0.1) is 0 Å². The molecule has 2 N–H and O–H groups in total. The molecule has 98 valence electrons. The molecule has 1 aliphatic heterocycles. The molecule has 0 spiro atoms. The van der Waals surface area contributed by atoms with Gasteiger partial charge in [-0.3, -0.25) is 0 Å². The highest BCUT2D eigenvalue weighted by molar-refractivity contribution is 9.10. The number of hydrogen-bond donors (Lipinski definition) is 2. The first-order valence-electron chi connectivity index (χ1n) is 6.12. The molecule has 0 unspecified atom stereocenters. The van der Waals surface area contributed by atoms with E-state index in [4.69, 9.17) is 17.0 Å². The van der Waals surface area contributed by atoms with E-state index in [1.54, 1.807) is 0 Å². The SMILES string of the molecule is S=C(NCc1ccccc1Br)NC[C@H]1CCCO1. The fourth-order valence-corrected chi connectivity index (χ4v) is 2.47. The monoisotopic (exact) mass is 328 g/mol. The summed E-state index contributed by atoms with van der Waals surface area (Å²) in [5, 5.41) is 7.07.